The van der Waals surface area contributed by atoms with Gasteiger partial charge in [0.15, 0.2) is 11.6 Å². The van der Waals surface area contributed by atoms with Crippen molar-refractivity contribution in [3.8, 4) is 5.75 Å². The van der Waals surface area contributed by atoms with Crippen molar-refractivity contribution >= 4 is 11.6 Å². The van der Waals surface area contributed by atoms with E-state index >= 15 is 0 Å². The number of methoxy groups -OCH3 is 1. The number of hydrogen-bond acceptors (Lipinski definition) is 3. The average Bonchev–Trinajstić information content (AvgIpc) is 2.67. The molecule has 1 aromatic carbocycles. The topological polar surface area (TPSA) is 15.7 Å². The molecule has 112 valence electrons. The molecule has 1 aliphatic heterocycles. The Hall–Kier alpha value is -0.840. The molecule has 0 unspecified atom stereocenters. The van der Waals surface area contributed by atoms with Gasteiger partial charge in [0, 0.05) is 37.6 Å². The maximum absolute atomic E-state index is 14.1. The minimum atomic E-state index is -0.239. The second-order valence-corrected chi connectivity index (χ2v) is 5.47. The fraction of sp³-hybridized carbons (Fsp3) is 0.600. The van der Waals surface area contributed by atoms with Crippen LogP contribution in [0.1, 0.15) is 12.0 Å². The molecule has 1 aromatic rings. The third-order valence-electron chi connectivity index (χ3n) is 3.74. The number of alkyl halides is 1. The van der Waals surface area contributed by atoms with Crippen molar-refractivity contribution in [2.24, 2.45) is 0 Å². The van der Waals surface area contributed by atoms with Crippen LogP contribution in [0.4, 0.5) is 4.39 Å². The number of nitrogens with zero attached hydrogens (tertiary/aromatic N) is 2. The van der Waals surface area contributed by atoms with Gasteiger partial charge in [-0.05, 0) is 25.6 Å². The van der Waals surface area contributed by atoms with E-state index < -0.39 is 0 Å². The Kier molecular flexibility index (Phi) is 6.07. The highest BCUT2D eigenvalue weighted by Gasteiger charge is 2.17. The van der Waals surface area contributed by atoms with Gasteiger partial charge in [0.1, 0.15) is 0 Å². The minimum absolute atomic E-state index is 0.239. The van der Waals surface area contributed by atoms with Crippen molar-refractivity contribution < 1.29 is 9.13 Å². The van der Waals surface area contributed by atoms with Crippen LogP contribution in [0.5, 0.6) is 5.75 Å². The first-order valence-corrected chi connectivity index (χ1v) is 7.60. The van der Waals surface area contributed by atoms with Crippen LogP contribution in [0.2, 0.25) is 0 Å². The molecule has 0 atom stereocenters. The second-order valence-electron chi connectivity index (χ2n) is 5.09. The molecular formula is C15H22ClFN2O. The molecule has 0 spiro atoms. The first-order chi connectivity index (χ1) is 9.74. The Labute approximate surface area is 125 Å². The summed E-state index contributed by atoms with van der Waals surface area (Å²) < 4.78 is 19.2. The number of rotatable bonds is 5. The largest absolute Gasteiger partial charge is 0.494 e. The number of hydrogen-bond donors (Lipinski definition) is 0. The van der Waals surface area contributed by atoms with Gasteiger partial charge in [0.2, 0.25) is 0 Å². The minimum Gasteiger partial charge on any atom is -0.494 e. The van der Waals surface area contributed by atoms with Crippen molar-refractivity contribution in [1.29, 1.82) is 0 Å². The lowest BCUT2D eigenvalue weighted by atomic mass is 10.2. The summed E-state index contributed by atoms with van der Waals surface area (Å²) in [7, 11) is 1.50. The maximum atomic E-state index is 14.1. The number of benzene rings is 1. The molecule has 1 fully saturated rings. The van der Waals surface area contributed by atoms with Crippen LogP contribution in [-0.4, -0.2) is 55.5 Å². The van der Waals surface area contributed by atoms with Crippen LogP contribution >= 0.6 is 11.6 Å². The van der Waals surface area contributed by atoms with E-state index in [1.165, 1.54) is 7.11 Å². The third kappa shape index (κ3) is 4.08. The SMILES string of the molecule is COc1cccc(CN2CCCN(CCCl)CC2)c1F. The normalized spacial score (nSPS) is 17.9. The molecule has 0 aromatic heterocycles. The van der Waals surface area contributed by atoms with E-state index in [0.29, 0.717) is 23.7 Å². The highest BCUT2D eigenvalue weighted by atomic mass is 35.5. The van der Waals surface area contributed by atoms with Gasteiger partial charge in [0.05, 0.1) is 7.11 Å². The molecule has 0 aliphatic carbocycles. The zero-order chi connectivity index (χ0) is 14.4. The van der Waals surface area contributed by atoms with Gasteiger partial charge in [0.25, 0.3) is 0 Å². The van der Waals surface area contributed by atoms with Gasteiger partial charge in [-0.2, -0.15) is 0 Å². The zero-order valence-electron chi connectivity index (χ0n) is 11.9. The Morgan fingerprint density at radius 2 is 1.95 bits per heavy atom. The summed E-state index contributed by atoms with van der Waals surface area (Å²) in [6.07, 6.45) is 1.10. The highest BCUT2D eigenvalue weighted by molar-refractivity contribution is 6.18. The predicted octanol–water partition coefficient (Wildman–Crippen LogP) is 2.58. The standard InChI is InChI=1S/C15H22ClFN2O/c1-20-14-5-2-4-13(15(14)17)12-19-8-3-7-18(9-6-16)10-11-19/h2,4-5H,3,6-12H2,1H3. The van der Waals surface area contributed by atoms with Crippen molar-refractivity contribution in [3.63, 3.8) is 0 Å². The molecule has 0 saturated carbocycles. The Morgan fingerprint density at radius 3 is 2.70 bits per heavy atom. The molecule has 1 saturated heterocycles. The first kappa shape index (κ1) is 15.5. The van der Waals surface area contributed by atoms with E-state index in [4.69, 9.17) is 16.3 Å². The van der Waals surface area contributed by atoms with Crippen LogP contribution in [-0.2, 0) is 6.54 Å². The number of ether oxygens (including phenoxy) is 1. The summed E-state index contributed by atoms with van der Waals surface area (Å²) in [5.74, 6) is 0.753. The van der Waals surface area contributed by atoms with Crippen molar-refractivity contribution in [1.82, 2.24) is 9.80 Å². The molecular weight excluding hydrogens is 279 g/mol. The van der Waals surface area contributed by atoms with Gasteiger partial charge >= 0.3 is 0 Å². The van der Waals surface area contributed by atoms with Crippen LogP contribution in [0, 0.1) is 5.82 Å². The molecule has 0 bridgehead atoms. The number of halogens is 2. The second kappa shape index (κ2) is 7.81. The van der Waals surface area contributed by atoms with Crippen LogP contribution in [0.25, 0.3) is 0 Å². The summed E-state index contributed by atoms with van der Waals surface area (Å²) in [4.78, 5) is 4.67. The van der Waals surface area contributed by atoms with Gasteiger partial charge in [-0.3, -0.25) is 4.90 Å². The zero-order valence-corrected chi connectivity index (χ0v) is 12.7. The van der Waals surface area contributed by atoms with Crippen LogP contribution in [0.3, 0.4) is 0 Å². The van der Waals surface area contributed by atoms with Crippen LogP contribution < -0.4 is 4.74 Å². The molecule has 5 heteroatoms. The lowest BCUT2D eigenvalue weighted by molar-refractivity contribution is 0.254. The molecule has 3 nitrogen and oxygen atoms in total. The van der Waals surface area contributed by atoms with Gasteiger partial charge < -0.3 is 9.64 Å². The van der Waals surface area contributed by atoms with E-state index in [9.17, 15) is 4.39 Å². The lowest BCUT2D eigenvalue weighted by Gasteiger charge is -2.21. The Bertz CT molecular complexity index is 430. The summed E-state index contributed by atoms with van der Waals surface area (Å²) in [5, 5.41) is 0. The summed E-state index contributed by atoms with van der Waals surface area (Å²) in [5.41, 5.74) is 0.704. The van der Waals surface area contributed by atoms with Gasteiger partial charge in [-0.25, -0.2) is 4.39 Å². The predicted molar refractivity (Wildman–Crippen MR) is 80.0 cm³/mol. The average molecular weight is 301 g/mol. The third-order valence-corrected chi connectivity index (χ3v) is 3.91. The summed E-state index contributed by atoms with van der Waals surface area (Å²) in [6.45, 7) is 5.59. The van der Waals surface area contributed by atoms with Crippen molar-refractivity contribution in [3.05, 3.63) is 29.6 Å². The quantitative estimate of drug-likeness (QED) is 0.778. The molecule has 20 heavy (non-hydrogen) atoms. The fourth-order valence-corrected chi connectivity index (χ4v) is 2.84. The molecule has 0 amide bonds. The molecule has 0 N–H and O–H groups in total. The Morgan fingerprint density at radius 1 is 1.20 bits per heavy atom. The van der Waals surface area contributed by atoms with E-state index in [1.807, 2.05) is 12.1 Å². The van der Waals surface area contributed by atoms with E-state index in [0.717, 1.165) is 39.1 Å². The van der Waals surface area contributed by atoms with Crippen molar-refractivity contribution in [2.45, 2.75) is 13.0 Å². The van der Waals surface area contributed by atoms with E-state index in [2.05, 4.69) is 9.80 Å². The van der Waals surface area contributed by atoms with Crippen molar-refractivity contribution in [2.75, 3.05) is 45.7 Å². The Balaban J connectivity index is 1.96. The van der Waals surface area contributed by atoms with Gasteiger partial charge in [-0.1, -0.05) is 12.1 Å². The first-order valence-electron chi connectivity index (χ1n) is 7.06. The maximum Gasteiger partial charge on any atom is 0.169 e. The highest BCUT2D eigenvalue weighted by Crippen LogP contribution is 2.21. The molecule has 1 aliphatic rings. The molecule has 0 radical (unpaired) electrons. The van der Waals surface area contributed by atoms with Crippen LogP contribution in [0.15, 0.2) is 18.2 Å². The lowest BCUT2D eigenvalue weighted by Crippen LogP contribution is -2.31. The monoisotopic (exact) mass is 300 g/mol. The molecule has 2 rings (SSSR count). The van der Waals surface area contributed by atoms with Gasteiger partial charge in [-0.15, -0.1) is 11.6 Å². The summed E-state index contributed by atoms with van der Waals surface area (Å²) >= 11 is 5.79. The van der Waals surface area contributed by atoms with E-state index in [-0.39, 0.29) is 5.82 Å². The molecule has 1 heterocycles. The summed E-state index contributed by atoms with van der Waals surface area (Å²) in [6, 6.07) is 5.33. The fourth-order valence-electron chi connectivity index (χ4n) is 2.60. The smallest absolute Gasteiger partial charge is 0.169 e. The van der Waals surface area contributed by atoms with E-state index in [1.54, 1.807) is 6.07 Å².